The number of oxime groups is 1. The fourth-order valence-corrected chi connectivity index (χ4v) is 1.06. The summed E-state index contributed by atoms with van der Waals surface area (Å²) >= 11 is 0. The van der Waals surface area contributed by atoms with Gasteiger partial charge in [0.05, 0.1) is 5.71 Å². The van der Waals surface area contributed by atoms with E-state index in [4.69, 9.17) is 15.1 Å². The van der Waals surface area contributed by atoms with Crippen molar-refractivity contribution in [3.8, 4) is 0 Å². The van der Waals surface area contributed by atoms with Crippen LogP contribution in [0.2, 0.25) is 0 Å². The van der Waals surface area contributed by atoms with Gasteiger partial charge >= 0.3 is 6.09 Å². The summed E-state index contributed by atoms with van der Waals surface area (Å²) in [5.41, 5.74) is 5.01. The molecule has 1 aliphatic carbocycles. The molecule has 1 aliphatic rings. The average Bonchev–Trinajstić information content (AvgIpc) is 2.05. The molecule has 1 saturated carbocycles. The van der Waals surface area contributed by atoms with Crippen LogP contribution in [-0.4, -0.2) is 22.1 Å². The number of hydrogen-bond acceptors (Lipinski definition) is 3. The lowest BCUT2D eigenvalue weighted by molar-refractivity contribution is 0.205. The molecule has 0 atom stereocenters. The molecule has 0 radical (unpaired) electrons. The maximum absolute atomic E-state index is 8.78. The fourth-order valence-electron chi connectivity index (χ4n) is 1.06. The van der Waals surface area contributed by atoms with Crippen molar-refractivity contribution >= 4 is 11.8 Å². The first-order valence-electron chi connectivity index (χ1n) is 3.85. The lowest BCUT2D eigenvalue weighted by Gasteiger charge is -2.08. The van der Waals surface area contributed by atoms with Gasteiger partial charge in [-0.05, 0) is 25.7 Å². The molecule has 0 aromatic rings. The minimum atomic E-state index is -1.33. The molecule has 5 heteroatoms. The third-order valence-electron chi connectivity index (χ3n) is 1.57. The van der Waals surface area contributed by atoms with E-state index in [9.17, 15) is 0 Å². The lowest BCUT2D eigenvalue weighted by Crippen LogP contribution is -2.03. The molecule has 0 saturated heterocycles. The van der Waals surface area contributed by atoms with Crippen LogP contribution >= 0.6 is 0 Å². The van der Waals surface area contributed by atoms with E-state index in [0.29, 0.717) is 0 Å². The van der Waals surface area contributed by atoms with Crippen molar-refractivity contribution in [2.75, 3.05) is 0 Å². The molecule has 0 aromatic heterocycles. The van der Waals surface area contributed by atoms with Crippen molar-refractivity contribution in [1.82, 2.24) is 0 Å². The summed E-state index contributed by atoms with van der Waals surface area (Å²) in [5, 5.41) is 18.6. The molecule has 0 spiro atoms. The smallest absolute Gasteiger partial charge is 0.402 e. The molecule has 0 bridgehead atoms. The minimum Gasteiger partial charge on any atom is -0.465 e. The first kappa shape index (κ1) is 10.7. The van der Waals surface area contributed by atoms with E-state index >= 15 is 0 Å². The first-order chi connectivity index (χ1) is 5.66. The zero-order valence-corrected chi connectivity index (χ0v) is 6.86. The van der Waals surface area contributed by atoms with Crippen molar-refractivity contribution in [3.63, 3.8) is 0 Å². The topological polar surface area (TPSA) is 95.9 Å². The molecule has 0 aromatic carbocycles. The number of primary amides is 1. The van der Waals surface area contributed by atoms with Crippen LogP contribution in [0.1, 0.15) is 32.1 Å². The Balaban J connectivity index is 0.000000261. The zero-order valence-electron chi connectivity index (χ0n) is 6.86. The lowest BCUT2D eigenvalue weighted by atomic mass is 9.99. The minimum absolute atomic E-state index is 0.983. The summed E-state index contributed by atoms with van der Waals surface area (Å²) in [6.07, 6.45) is 4.41. The van der Waals surface area contributed by atoms with Crippen LogP contribution in [0, 0.1) is 0 Å². The summed E-state index contributed by atoms with van der Waals surface area (Å²) in [5.74, 6) is 0. The molecule has 70 valence electrons. The van der Waals surface area contributed by atoms with E-state index in [-0.39, 0.29) is 0 Å². The van der Waals surface area contributed by atoms with Crippen molar-refractivity contribution in [2.24, 2.45) is 10.9 Å². The highest BCUT2D eigenvalue weighted by Gasteiger charge is 2.05. The first-order valence-corrected chi connectivity index (χ1v) is 3.85. The second-order valence-electron chi connectivity index (χ2n) is 2.57. The highest BCUT2D eigenvalue weighted by Crippen LogP contribution is 2.13. The van der Waals surface area contributed by atoms with Gasteiger partial charge in [0.1, 0.15) is 0 Å². The van der Waals surface area contributed by atoms with Crippen LogP contribution in [0.5, 0.6) is 0 Å². The highest BCUT2D eigenvalue weighted by atomic mass is 16.4. The number of hydrogen-bond donors (Lipinski definition) is 3. The van der Waals surface area contributed by atoms with Gasteiger partial charge in [0.2, 0.25) is 0 Å². The van der Waals surface area contributed by atoms with E-state index in [1.807, 2.05) is 0 Å². The third kappa shape index (κ3) is 6.85. The van der Waals surface area contributed by atoms with E-state index in [2.05, 4.69) is 10.9 Å². The van der Waals surface area contributed by atoms with Crippen molar-refractivity contribution in [3.05, 3.63) is 0 Å². The van der Waals surface area contributed by atoms with Crippen LogP contribution in [0.3, 0.4) is 0 Å². The molecule has 0 aliphatic heterocycles. The van der Waals surface area contributed by atoms with E-state index in [1.165, 1.54) is 19.3 Å². The number of carbonyl (C=O) groups is 1. The average molecular weight is 174 g/mol. The van der Waals surface area contributed by atoms with Gasteiger partial charge in [-0.2, -0.15) is 0 Å². The molecule has 5 nitrogen and oxygen atoms in total. The van der Waals surface area contributed by atoms with Gasteiger partial charge in [0.15, 0.2) is 0 Å². The zero-order chi connectivity index (χ0) is 9.40. The van der Waals surface area contributed by atoms with Crippen molar-refractivity contribution in [2.45, 2.75) is 32.1 Å². The van der Waals surface area contributed by atoms with Gasteiger partial charge in [-0.25, -0.2) is 4.79 Å². The number of rotatable bonds is 0. The van der Waals surface area contributed by atoms with Crippen LogP contribution in [0.25, 0.3) is 0 Å². The van der Waals surface area contributed by atoms with Gasteiger partial charge in [0.25, 0.3) is 0 Å². The fraction of sp³-hybridized carbons (Fsp3) is 0.714. The Morgan fingerprint density at radius 2 is 1.75 bits per heavy atom. The van der Waals surface area contributed by atoms with Crippen LogP contribution < -0.4 is 5.73 Å². The molecule has 0 unspecified atom stereocenters. The number of carboxylic acid groups (broad SMARTS) is 1. The monoisotopic (exact) mass is 174 g/mol. The molecular formula is C7H14N2O3. The molecule has 1 rings (SSSR count). The summed E-state index contributed by atoms with van der Waals surface area (Å²) in [6.45, 7) is 0. The third-order valence-corrected chi connectivity index (χ3v) is 1.57. The van der Waals surface area contributed by atoms with Gasteiger partial charge in [-0.3, -0.25) is 0 Å². The Bertz CT molecular complexity index is 156. The Morgan fingerprint density at radius 3 is 2.00 bits per heavy atom. The molecule has 12 heavy (non-hydrogen) atoms. The Labute approximate surface area is 70.9 Å². The summed E-state index contributed by atoms with van der Waals surface area (Å²) in [7, 11) is 0. The Kier molecular flexibility index (Phi) is 5.77. The van der Waals surface area contributed by atoms with Gasteiger partial charge in [-0.1, -0.05) is 11.6 Å². The normalized spacial score (nSPS) is 15.8. The largest absolute Gasteiger partial charge is 0.465 e. The standard InChI is InChI=1S/C6H11NO.CH3NO2/c8-7-6-4-2-1-3-5-6;2-1(3)4/h8H,1-5H2;2H2,(H,3,4). The molecule has 0 heterocycles. The second kappa shape index (κ2) is 6.45. The van der Waals surface area contributed by atoms with Gasteiger partial charge in [0, 0.05) is 0 Å². The molecule has 1 fully saturated rings. The predicted octanol–water partition coefficient (Wildman–Crippen LogP) is 1.40. The van der Waals surface area contributed by atoms with E-state index < -0.39 is 6.09 Å². The van der Waals surface area contributed by atoms with Crippen molar-refractivity contribution in [1.29, 1.82) is 0 Å². The Hall–Kier alpha value is -1.26. The molecule has 4 N–H and O–H groups in total. The van der Waals surface area contributed by atoms with Gasteiger partial charge in [-0.15, -0.1) is 0 Å². The van der Waals surface area contributed by atoms with Crippen molar-refractivity contribution < 1.29 is 15.1 Å². The summed E-state index contributed by atoms with van der Waals surface area (Å²) in [4.78, 5) is 8.78. The Morgan fingerprint density at radius 1 is 1.33 bits per heavy atom. The van der Waals surface area contributed by atoms with E-state index in [1.54, 1.807) is 0 Å². The quantitative estimate of drug-likeness (QED) is 0.382. The predicted molar refractivity (Wildman–Crippen MR) is 44.5 cm³/mol. The highest BCUT2D eigenvalue weighted by molar-refractivity contribution is 5.84. The van der Waals surface area contributed by atoms with E-state index in [0.717, 1.165) is 18.6 Å². The maximum Gasteiger partial charge on any atom is 0.402 e. The van der Waals surface area contributed by atoms with Gasteiger partial charge < -0.3 is 16.0 Å². The summed E-state index contributed by atoms with van der Waals surface area (Å²) < 4.78 is 0. The summed E-state index contributed by atoms with van der Waals surface area (Å²) in [6, 6.07) is 0. The number of amides is 1. The molecular weight excluding hydrogens is 160 g/mol. The van der Waals surface area contributed by atoms with Crippen LogP contribution in [0.15, 0.2) is 5.16 Å². The van der Waals surface area contributed by atoms with Crippen LogP contribution in [0.4, 0.5) is 4.79 Å². The maximum atomic E-state index is 8.78. The molecule has 1 amide bonds. The number of nitrogens with two attached hydrogens (primary N) is 1. The second-order valence-corrected chi connectivity index (χ2v) is 2.57. The van der Waals surface area contributed by atoms with Crippen LogP contribution in [-0.2, 0) is 0 Å². The SMILES string of the molecule is NC(=O)O.ON=C1CCCCC1. The number of nitrogens with zero attached hydrogens (tertiary/aromatic N) is 1.